The number of aliphatic hydroxyl groups is 1. The summed E-state index contributed by atoms with van der Waals surface area (Å²) in [6, 6.07) is 0. The third kappa shape index (κ3) is 20.5. The molecule has 5 nitrogen and oxygen atoms in total. The number of aliphatic hydroxyl groups excluding tert-OH is 1. The minimum absolute atomic E-state index is 0. The fourth-order valence-corrected chi connectivity index (χ4v) is 3.30. The second-order valence-corrected chi connectivity index (χ2v) is 8.12. The summed E-state index contributed by atoms with van der Waals surface area (Å²) < 4.78 is 26.7. The van der Waals surface area contributed by atoms with Gasteiger partial charge in [-0.2, -0.15) is 8.42 Å². The van der Waals surface area contributed by atoms with Gasteiger partial charge in [0.1, 0.15) is 5.75 Å². The Labute approximate surface area is 176 Å². The average Bonchev–Trinajstić information content (AvgIpc) is 2.51. The van der Waals surface area contributed by atoms with E-state index in [-0.39, 0.29) is 36.0 Å². The molecule has 0 fully saturated rings. The molecule has 0 saturated carbocycles. The van der Waals surface area contributed by atoms with Crippen LogP contribution in [0.3, 0.4) is 0 Å². The van der Waals surface area contributed by atoms with Crippen LogP contribution in [0, 0.1) is 0 Å². The van der Waals surface area contributed by atoms with Crippen molar-refractivity contribution in [1.82, 2.24) is 0 Å². The Bertz CT molecular complexity index is 398. The zero-order valence-corrected chi connectivity index (χ0v) is 16.1. The van der Waals surface area contributed by atoms with Crippen LogP contribution in [0.5, 0.6) is 0 Å². The third-order valence-corrected chi connectivity index (χ3v) is 5.17. The van der Waals surface area contributed by atoms with E-state index in [9.17, 15) is 13.2 Å². The molecule has 25 heavy (non-hydrogen) atoms. The number of carbonyl (C=O) groups is 1. The Morgan fingerprint density at radius 1 is 0.800 bits per heavy atom. The Kier molecular flexibility index (Phi) is 21.1. The zero-order chi connectivity index (χ0) is 18.1. The van der Waals surface area contributed by atoms with Gasteiger partial charge in [0.2, 0.25) is 0 Å². The Hall–Kier alpha value is 0.380. The molecule has 0 amide bonds. The molecule has 0 unspecified atom stereocenters. The number of hydrogen-bond donors (Lipinski definition) is 1. The van der Waals surface area contributed by atoms with Gasteiger partial charge in [-0.05, 0) is 6.42 Å². The predicted octanol–water partition coefficient (Wildman–Crippen LogP) is 3.68. The molecule has 0 aliphatic heterocycles. The molecule has 0 aromatic carbocycles. The van der Waals surface area contributed by atoms with Gasteiger partial charge in [-0.25, -0.2) is 0 Å². The summed E-state index contributed by atoms with van der Waals surface area (Å²) in [4.78, 5) is 11.4. The molecule has 7 heteroatoms. The van der Waals surface area contributed by atoms with Crippen LogP contribution in [-0.2, 0) is 19.1 Å². The van der Waals surface area contributed by atoms with Crippen molar-refractivity contribution in [2.45, 2.75) is 96.8 Å². The first-order valence-corrected chi connectivity index (χ1v) is 11.2. The van der Waals surface area contributed by atoms with Crippen LogP contribution >= 0.6 is 0 Å². The molecule has 0 rings (SSSR count). The fraction of sp³-hybridized carbons (Fsp3) is 0.944. The Balaban J connectivity index is 0. The summed E-state index contributed by atoms with van der Waals surface area (Å²) in [5.74, 6) is -1.25. The summed E-state index contributed by atoms with van der Waals surface area (Å²) >= 11 is 0. The van der Waals surface area contributed by atoms with E-state index in [0.717, 1.165) is 12.8 Å². The van der Waals surface area contributed by atoms with Crippen LogP contribution < -0.4 is 0 Å². The molecule has 146 valence electrons. The van der Waals surface area contributed by atoms with Gasteiger partial charge in [0.05, 0.1) is 6.61 Å². The molecule has 0 radical (unpaired) electrons. The Morgan fingerprint density at radius 2 is 1.20 bits per heavy atom. The van der Waals surface area contributed by atoms with Crippen LogP contribution in [0.15, 0.2) is 0 Å². The van der Waals surface area contributed by atoms with Crippen molar-refractivity contribution in [2.75, 3.05) is 12.4 Å². The topological polar surface area (TPSA) is 80.7 Å². The van der Waals surface area contributed by atoms with Gasteiger partial charge in [0.15, 0.2) is 0 Å². The van der Waals surface area contributed by atoms with E-state index in [0.29, 0.717) is 6.42 Å². The second kappa shape index (κ2) is 19.2. The molecule has 0 spiro atoms. The van der Waals surface area contributed by atoms with Crippen molar-refractivity contribution in [3.63, 3.8) is 0 Å². The van der Waals surface area contributed by atoms with Crippen LogP contribution in [0.4, 0.5) is 0 Å². The standard InChI is InChI=1S/C18H36O5S.Na.H/c1-2-3-4-5-6-7-8-9-10-11-12-13-14-15-18(20)23-24(21,22)17-16-19;;/h19H,2-17H2,1H3;;. The number of rotatable bonds is 17. The van der Waals surface area contributed by atoms with E-state index >= 15 is 0 Å². The first-order valence-electron chi connectivity index (χ1n) is 9.57. The first kappa shape index (κ1) is 27.6. The van der Waals surface area contributed by atoms with Crippen molar-refractivity contribution in [3.05, 3.63) is 0 Å². The summed E-state index contributed by atoms with van der Waals surface area (Å²) in [7, 11) is -3.90. The van der Waals surface area contributed by atoms with Gasteiger partial charge in [-0.1, -0.05) is 84.0 Å². The molecule has 0 bridgehead atoms. The molecule has 0 aromatic heterocycles. The SMILES string of the molecule is CCCCCCCCCCCCCCCC(=O)OS(=O)(=O)CCO.[NaH]. The fourth-order valence-electron chi connectivity index (χ4n) is 2.62. The average molecular weight is 389 g/mol. The number of carbonyl (C=O) groups excluding carboxylic acids is 1. The van der Waals surface area contributed by atoms with Crippen LogP contribution in [0.25, 0.3) is 0 Å². The van der Waals surface area contributed by atoms with Crippen molar-refractivity contribution < 1.29 is 22.5 Å². The van der Waals surface area contributed by atoms with E-state index < -0.39 is 28.4 Å². The molecule has 0 aliphatic carbocycles. The molecule has 0 heterocycles. The summed E-state index contributed by atoms with van der Waals surface area (Å²) in [6.45, 7) is 1.70. The van der Waals surface area contributed by atoms with E-state index in [1.807, 2.05) is 0 Å². The monoisotopic (exact) mass is 388 g/mol. The van der Waals surface area contributed by atoms with Gasteiger partial charge in [0.25, 0.3) is 0 Å². The van der Waals surface area contributed by atoms with Crippen molar-refractivity contribution in [2.24, 2.45) is 0 Å². The zero-order valence-electron chi connectivity index (χ0n) is 15.3. The van der Waals surface area contributed by atoms with E-state index in [1.165, 1.54) is 64.2 Å². The van der Waals surface area contributed by atoms with Crippen molar-refractivity contribution in [3.8, 4) is 0 Å². The molecular weight excluding hydrogens is 351 g/mol. The van der Waals surface area contributed by atoms with Crippen molar-refractivity contribution >= 4 is 45.6 Å². The van der Waals surface area contributed by atoms with Gasteiger partial charge in [0, 0.05) is 6.42 Å². The summed E-state index contributed by atoms with van der Waals surface area (Å²) in [5, 5.41) is 8.54. The maximum atomic E-state index is 11.4. The minimum atomic E-state index is -3.90. The molecule has 0 aliphatic rings. The summed E-state index contributed by atoms with van der Waals surface area (Å²) in [6.07, 6.45) is 15.9. The number of hydrogen-bond acceptors (Lipinski definition) is 5. The molecule has 0 saturated heterocycles. The summed E-state index contributed by atoms with van der Waals surface area (Å²) in [5.41, 5.74) is 0. The number of unbranched alkanes of at least 4 members (excludes halogenated alkanes) is 12. The van der Waals surface area contributed by atoms with E-state index in [4.69, 9.17) is 5.11 Å². The molecule has 0 aromatic rings. The second-order valence-electron chi connectivity index (χ2n) is 6.43. The molecule has 1 N–H and O–H groups in total. The normalized spacial score (nSPS) is 11.1. The van der Waals surface area contributed by atoms with Crippen molar-refractivity contribution in [1.29, 1.82) is 0 Å². The van der Waals surface area contributed by atoms with Gasteiger partial charge in [-0.3, -0.25) is 4.79 Å². The molecule has 0 atom stereocenters. The van der Waals surface area contributed by atoms with E-state index in [1.54, 1.807) is 0 Å². The van der Waals surface area contributed by atoms with Gasteiger partial charge < -0.3 is 9.29 Å². The Morgan fingerprint density at radius 3 is 1.60 bits per heavy atom. The quantitative estimate of drug-likeness (QED) is 0.233. The third-order valence-electron chi connectivity index (χ3n) is 4.05. The first-order chi connectivity index (χ1) is 11.5. The molecular formula is C18H37NaO5S. The van der Waals surface area contributed by atoms with Crippen LogP contribution in [0.2, 0.25) is 0 Å². The van der Waals surface area contributed by atoms with E-state index in [2.05, 4.69) is 11.1 Å². The van der Waals surface area contributed by atoms with Crippen LogP contribution in [0.1, 0.15) is 96.8 Å². The maximum absolute atomic E-state index is 11.4. The van der Waals surface area contributed by atoms with Gasteiger partial charge in [-0.15, -0.1) is 0 Å². The predicted molar refractivity (Wildman–Crippen MR) is 104 cm³/mol. The van der Waals surface area contributed by atoms with Gasteiger partial charge >= 0.3 is 45.6 Å². The van der Waals surface area contributed by atoms with Crippen LogP contribution in [-0.4, -0.2) is 61.4 Å².